The highest BCUT2D eigenvalue weighted by molar-refractivity contribution is 7.99. The van der Waals surface area contributed by atoms with Crippen LogP contribution in [0.15, 0.2) is 47.4 Å². The molecule has 0 radical (unpaired) electrons. The predicted octanol–water partition coefficient (Wildman–Crippen LogP) is 9.53. The maximum Gasteiger partial charge on any atom is 0.453 e. The summed E-state index contributed by atoms with van der Waals surface area (Å²) in [7, 11) is -1.38. The second-order valence-corrected chi connectivity index (χ2v) is 13.6. The summed E-state index contributed by atoms with van der Waals surface area (Å²) in [6.07, 6.45) is 0.204. The van der Waals surface area contributed by atoms with Crippen molar-refractivity contribution >= 4 is 22.6 Å². The zero-order valence-electron chi connectivity index (χ0n) is 22.8. The van der Waals surface area contributed by atoms with Crippen molar-refractivity contribution in [3.63, 3.8) is 0 Å². The molecule has 2 aromatic rings. The van der Waals surface area contributed by atoms with Gasteiger partial charge in [0.1, 0.15) is 11.6 Å². The highest BCUT2D eigenvalue weighted by atomic mass is 32.2. The quantitative estimate of drug-likeness (QED) is 0.162. The van der Waals surface area contributed by atoms with Gasteiger partial charge >= 0.3 is 12.1 Å². The fourth-order valence-corrected chi connectivity index (χ4v) is 8.00. The summed E-state index contributed by atoms with van der Waals surface area (Å²) >= 11 is 1.69. The number of thioether (sulfide) groups is 1. The Hall–Kier alpha value is -1.68. The van der Waals surface area contributed by atoms with Crippen LogP contribution in [-0.4, -0.2) is 38.7 Å². The molecule has 1 aliphatic heterocycles. The first-order chi connectivity index (χ1) is 18.8. The first-order valence-electron chi connectivity index (χ1n) is 13.8. The van der Waals surface area contributed by atoms with Gasteiger partial charge in [0.05, 0.1) is 0 Å². The maximum absolute atomic E-state index is 14.1. The molecule has 1 heterocycles. The standard InChI is InChI=1S/C30H38F6O2S2/c1-28(22-11-9-12-23(31)19-22)21-39-27-20-24(37)14-15-25(27)26(28)13-7-5-3-2-4-6-8-17-40(38)18-10-16-29(32,33)30(34,35)36/h9,11-12,14-15,19-20,26,37H,2-8,10,13,16-18,21H2,1H3. The molecule has 0 aromatic heterocycles. The fraction of sp³-hybridized carbons (Fsp3) is 0.600. The molecule has 2 aromatic carbocycles. The van der Waals surface area contributed by atoms with Crippen LogP contribution in [0.1, 0.15) is 88.2 Å². The third-order valence-corrected chi connectivity index (χ3v) is 10.7. The summed E-state index contributed by atoms with van der Waals surface area (Å²) in [5.74, 6) is -3.55. The zero-order chi connectivity index (χ0) is 29.4. The number of aromatic hydroxyl groups is 1. The number of halogens is 6. The Morgan fingerprint density at radius 3 is 2.25 bits per heavy atom. The lowest BCUT2D eigenvalue weighted by Gasteiger charge is -2.43. The molecule has 3 rings (SSSR count). The van der Waals surface area contributed by atoms with Gasteiger partial charge in [-0.25, -0.2) is 4.39 Å². The Morgan fingerprint density at radius 1 is 0.925 bits per heavy atom. The van der Waals surface area contributed by atoms with Crippen LogP contribution in [0.5, 0.6) is 5.75 Å². The molecule has 2 nitrogen and oxygen atoms in total. The molecular formula is C30H38F6O2S2. The van der Waals surface area contributed by atoms with E-state index in [4.69, 9.17) is 0 Å². The normalized spacial score (nSPS) is 20.3. The highest BCUT2D eigenvalue weighted by Gasteiger charge is 2.56. The summed E-state index contributed by atoms with van der Waals surface area (Å²) in [6, 6.07) is 12.4. The van der Waals surface area contributed by atoms with Crippen LogP contribution < -0.4 is 0 Å². The van der Waals surface area contributed by atoms with Gasteiger partial charge in [0.25, 0.3) is 0 Å². The van der Waals surface area contributed by atoms with Crippen molar-refractivity contribution in [2.45, 2.75) is 99.5 Å². The van der Waals surface area contributed by atoms with Crippen LogP contribution in [-0.2, 0) is 16.2 Å². The number of rotatable bonds is 15. The number of benzene rings is 2. The van der Waals surface area contributed by atoms with E-state index >= 15 is 0 Å². The fourth-order valence-electron chi connectivity index (χ4n) is 5.40. The van der Waals surface area contributed by atoms with E-state index in [1.807, 2.05) is 18.2 Å². The monoisotopic (exact) mass is 608 g/mol. The van der Waals surface area contributed by atoms with Gasteiger partial charge in [-0.1, -0.05) is 63.6 Å². The molecule has 3 unspecified atom stereocenters. The Bertz CT molecular complexity index is 1120. The van der Waals surface area contributed by atoms with E-state index < -0.39 is 35.7 Å². The lowest BCUT2D eigenvalue weighted by molar-refractivity contribution is -0.284. The summed E-state index contributed by atoms with van der Waals surface area (Å²) in [6.45, 7) is 2.20. The molecule has 1 N–H and O–H groups in total. The lowest BCUT2D eigenvalue weighted by Crippen LogP contribution is -2.36. The molecule has 40 heavy (non-hydrogen) atoms. The highest BCUT2D eigenvalue weighted by Crippen LogP contribution is 2.52. The first-order valence-corrected chi connectivity index (χ1v) is 16.3. The Kier molecular flexibility index (Phi) is 11.9. The van der Waals surface area contributed by atoms with Gasteiger partial charge in [-0.05, 0) is 60.6 Å². The van der Waals surface area contributed by atoms with Crippen molar-refractivity contribution < 1.29 is 35.7 Å². The van der Waals surface area contributed by atoms with Crippen molar-refractivity contribution in [3.05, 3.63) is 59.4 Å². The number of unbranched alkanes of at least 4 members (excludes halogenated alkanes) is 6. The predicted molar refractivity (Wildman–Crippen MR) is 150 cm³/mol. The van der Waals surface area contributed by atoms with Gasteiger partial charge < -0.3 is 5.11 Å². The van der Waals surface area contributed by atoms with Crippen LogP contribution >= 0.6 is 11.8 Å². The van der Waals surface area contributed by atoms with E-state index in [2.05, 4.69) is 6.92 Å². The summed E-state index contributed by atoms with van der Waals surface area (Å²) in [5, 5.41) is 9.97. The van der Waals surface area contributed by atoms with Crippen LogP contribution in [0.4, 0.5) is 26.3 Å². The summed E-state index contributed by atoms with van der Waals surface area (Å²) in [5.41, 5.74) is 1.93. The molecule has 0 aliphatic carbocycles. The van der Waals surface area contributed by atoms with Crippen molar-refractivity contribution in [2.24, 2.45) is 0 Å². The largest absolute Gasteiger partial charge is 0.508 e. The zero-order valence-corrected chi connectivity index (χ0v) is 24.4. The molecule has 0 saturated heterocycles. The van der Waals surface area contributed by atoms with E-state index in [-0.39, 0.29) is 28.7 Å². The van der Waals surface area contributed by atoms with Gasteiger partial charge in [-0.2, -0.15) is 22.0 Å². The van der Waals surface area contributed by atoms with E-state index in [0.29, 0.717) is 12.2 Å². The molecule has 0 fully saturated rings. The number of hydrogen-bond donors (Lipinski definition) is 1. The lowest BCUT2D eigenvalue weighted by atomic mass is 9.68. The minimum atomic E-state index is -5.56. The first kappa shape index (κ1) is 32.8. The molecule has 0 spiro atoms. The third kappa shape index (κ3) is 8.91. The molecule has 0 amide bonds. The molecule has 0 bridgehead atoms. The van der Waals surface area contributed by atoms with Gasteiger partial charge in [0.2, 0.25) is 0 Å². The van der Waals surface area contributed by atoms with Crippen LogP contribution in [0.3, 0.4) is 0 Å². The summed E-state index contributed by atoms with van der Waals surface area (Å²) in [4.78, 5) is 1.07. The SMILES string of the molecule is CC1(c2cccc(F)c2)CSc2cc(O)ccc2C1CCCCCCCCCS(=O)CCCC(F)(F)C(F)(F)F. The van der Waals surface area contributed by atoms with Gasteiger partial charge in [0, 0.05) is 44.8 Å². The van der Waals surface area contributed by atoms with Crippen LogP contribution in [0, 0.1) is 5.82 Å². The van der Waals surface area contributed by atoms with Gasteiger partial charge in [-0.15, -0.1) is 11.8 Å². The topological polar surface area (TPSA) is 37.3 Å². The third-order valence-electron chi connectivity index (χ3n) is 7.80. The molecule has 1 aliphatic rings. The smallest absolute Gasteiger partial charge is 0.453 e. The average molecular weight is 609 g/mol. The molecular weight excluding hydrogens is 570 g/mol. The Balaban J connectivity index is 1.38. The number of hydrogen-bond acceptors (Lipinski definition) is 3. The van der Waals surface area contributed by atoms with Crippen molar-refractivity contribution in [3.8, 4) is 5.75 Å². The molecule has 224 valence electrons. The molecule has 0 saturated carbocycles. The minimum Gasteiger partial charge on any atom is -0.508 e. The summed E-state index contributed by atoms with van der Waals surface area (Å²) < 4.78 is 88.5. The van der Waals surface area contributed by atoms with Gasteiger partial charge in [-0.3, -0.25) is 4.21 Å². The Morgan fingerprint density at radius 2 is 1.57 bits per heavy atom. The van der Waals surface area contributed by atoms with Crippen LogP contribution in [0.2, 0.25) is 0 Å². The Labute approximate surface area is 239 Å². The number of phenols is 1. The van der Waals surface area contributed by atoms with Crippen LogP contribution in [0.25, 0.3) is 0 Å². The maximum atomic E-state index is 14.1. The average Bonchev–Trinajstić information content (AvgIpc) is 2.88. The number of fused-ring (bicyclic) bond motifs is 1. The van der Waals surface area contributed by atoms with E-state index in [1.165, 1.54) is 11.6 Å². The van der Waals surface area contributed by atoms with Crippen molar-refractivity contribution in [2.75, 3.05) is 17.3 Å². The van der Waals surface area contributed by atoms with E-state index in [0.717, 1.165) is 61.2 Å². The van der Waals surface area contributed by atoms with Gasteiger partial charge in [0.15, 0.2) is 0 Å². The molecule has 3 atom stereocenters. The van der Waals surface area contributed by atoms with Crippen molar-refractivity contribution in [1.29, 1.82) is 0 Å². The minimum absolute atomic E-state index is 0.136. The van der Waals surface area contributed by atoms with E-state index in [1.54, 1.807) is 30.0 Å². The second-order valence-electron chi connectivity index (χ2n) is 10.9. The number of alkyl halides is 5. The molecule has 10 heteroatoms. The number of phenolic OH excluding ortho intramolecular Hbond substituents is 1. The second kappa shape index (κ2) is 14.5. The van der Waals surface area contributed by atoms with E-state index in [9.17, 15) is 35.7 Å². The van der Waals surface area contributed by atoms with Crippen molar-refractivity contribution in [1.82, 2.24) is 0 Å².